The van der Waals surface area contributed by atoms with E-state index in [9.17, 15) is 8.42 Å². The van der Waals surface area contributed by atoms with E-state index in [1.54, 1.807) is 7.05 Å². The van der Waals surface area contributed by atoms with Crippen molar-refractivity contribution >= 4 is 21.6 Å². The van der Waals surface area contributed by atoms with Gasteiger partial charge in [-0.2, -0.15) is 0 Å². The van der Waals surface area contributed by atoms with E-state index in [1.807, 2.05) is 38.1 Å². The molecule has 22 heavy (non-hydrogen) atoms. The van der Waals surface area contributed by atoms with Crippen molar-refractivity contribution in [3.63, 3.8) is 0 Å². The van der Waals surface area contributed by atoms with Crippen LogP contribution in [0.3, 0.4) is 0 Å². The molecular weight excluding hydrogens is 322 g/mol. The van der Waals surface area contributed by atoms with Crippen LogP contribution in [-0.4, -0.2) is 44.8 Å². The summed E-state index contributed by atoms with van der Waals surface area (Å²) in [6.07, 6.45) is 0.828. The van der Waals surface area contributed by atoms with Crippen molar-refractivity contribution in [2.75, 3.05) is 26.0 Å². The van der Waals surface area contributed by atoms with Gasteiger partial charge in [-0.05, 0) is 42.9 Å². The van der Waals surface area contributed by atoms with Gasteiger partial charge in [0.15, 0.2) is 0 Å². The number of rotatable bonds is 6. The molecule has 2 rings (SSSR count). The number of sulfonamides is 1. The minimum Gasteiger partial charge on any atom is -0.381 e. The Hall–Kier alpha value is -0.620. The predicted octanol–water partition coefficient (Wildman–Crippen LogP) is 3.13. The molecular formula is C16H24ClNO3S. The topological polar surface area (TPSA) is 46.6 Å². The number of benzene rings is 1. The third-order valence-corrected chi connectivity index (χ3v) is 6.96. The Bertz CT molecular complexity index is 582. The SMILES string of the molecule is C[C@H](c1ccc(Cl)cc1)[C@@H](C)N(C)S(=O)(=O)C[C@@H]1CCOC1. The van der Waals surface area contributed by atoms with Gasteiger partial charge in [-0.25, -0.2) is 12.7 Å². The van der Waals surface area contributed by atoms with Crippen molar-refractivity contribution in [2.24, 2.45) is 5.92 Å². The summed E-state index contributed by atoms with van der Waals surface area (Å²) < 4.78 is 31.9. The lowest BCUT2D eigenvalue weighted by Crippen LogP contribution is -2.41. The summed E-state index contributed by atoms with van der Waals surface area (Å²) in [4.78, 5) is 0. The molecule has 0 aliphatic carbocycles. The van der Waals surface area contributed by atoms with Crippen LogP contribution in [-0.2, 0) is 14.8 Å². The first-order chi connectivity index (χ1) is 10.3. The lowest BCUT2D eigenvalue weighted by atomic mass is 9.95. The summed E-state index contributed by atoms with van der Waals surface area (Å²) in [7, 11) is -1.61. The van der Waals surface area contributed by atoms with Gasteiger partial charge in [0.1, 0.15) is 0 Å². The number of likely N-dealkylation sites (N-methyl/N-ethyl adjacent to an activating group) is 1. The van der Waals surface area contributed by atoms with Gasteiger partial charge < -0.3 is 4.74 Å². The van der Waals surface area contributed by atoms with Crippen LogP contribution in [0.5, 0.6) is 0 Å². The zero-order valence-corrected chi connectivity index (χ0v) is 14.9. The quantitative estimate of drug-likeness (QED) is 0.795. The summed E-state index contributed by atoms with van der Waals surface area (Å²) in [5.74, 6) is 0.378. The lowest BCUT2D eigenvalue weighted by Gasteiger charge is -2.30. The fraction of sp³-hybridized carbons (Fsp3) is 0.625. The predicted molar refractivity (Wildman–Crippen MR) is 89.8 cm³/mol. The lowest BCUT2D eigenvalue weighted by molar-refractivity contribution is 0.188. The molecule has 0 unspecified atom stereocenters. The van der Waals surface area contributed by atoms with Crippen LogP contribution in [0.15, 0.2) is 24.3 Å². The molecule has 4 nitrogen and oxygen atoms in total. The molecule has 1 aromatic rings. The number of hydrogen-bond acceptors (Lipinski definition) is 3. The van der Waals surface area contributed by atoms with E-state index in [4.69, 9.17) is 16.3 Å². The van der Waals surface area contributed by atoms with Gasteiger partial charge in [0.05, 0.1) is 12.4 Å². The van der Waals surface area contributed by atoms with E-state index in [2.05, 4.69) is 0 Å². The standard InChI is InChI=1S/C16H24ClNO3S/c1-12(15-4-6-16(17)7-5-15)13(2)18(3)22(19,20)11-14-8-9-21-10-14/h4-7,12-14H,8-11H2,1-3H3/t12-,13+,14+/m0/s1. The minimum atomic E-state index is -3.28. The Morgan fingerprint density at radius 2 is 1.95 bits per heavy atom. The molecule has 1 aromatic carbocycles. The van der Waals surface area contributed by atoms with Crippen LogP contribution in [0, 0.1) is 5.92 Å². The van der Waals surface area contributed by atoms with E-state index < -0.39 is 10.0 Å². The highest BCUT2D eigenvalue weighted by atomic mass is 35.5. The smallest absolute Gasteiger partial charge is 0.214 e. The third kappa shape index (κ3) is 4.22. The number of halogens is 1. The molecule has 1 saturated heterocycles. The van der Waals surface area contributed by atoms with E-state index in [-0.39, 0.29) is 23.6 Å². The van der Waals surface area contributed by atoms with Gasteiger partial charge in [0.2, 0.25) is 10.0 Å². The van der Waals surface area contributed by atoms with Crippen LogP contribution in [0.4, 0.5) is 0 Å². The molecule has 1 heterocycles. The Morgan fingerprint density at radius 3 is 2.50 bits per heavy atom. The van der Waals surface area contributed by atoms with Gasteiger partial charge in [0.25, 0.3) is 0 Å². The van der Waals surface area contributed by atoms with Gasteiger partial charge in [-0.3, -0.25) is 0 Å². The van der Waals surface area contributed by atoms with Gasteiger partial charge in [-0.15, -0.1) is 0 Å². The van der Waals surface area contributed by atoms with Gasteiger partial charge in [-0.1, -0.05) is 30.7 Å². The second kappa shape index (κ2) is 7.30. The fourth-order valence-corrected chi connectivity index (χ4v) is 4.65. The maximum absolute atomic E-state index is 12.6. The molecule has 0 radical (unpaired) electrons. The Kier molecular flexibility index (Phi) is 5.88. The first-order valence-electron chi connectivity index (χ1n) is 7.60. The maximum atomic E-state index is 12.6. The summed E-state index contributed by atoms with van der Waals surface area (Å²) in [6.45, 7) is 5.20. The zero-order chi connectivity index (χ0) is 16.3. The first kappa shape index (κ1) is 17.7. The monoisotopic (exact) mass is 345 g/mol. The van der Waals surface area contributed by atoms with E-state index in [0.29, 0.717) is 18.2 Å². The highest BCUT2D eigenvalue weighted by Gasteiger charge is 2.31. The molecule has 0 bridgehead atoms. The summed E-state index contributed by atoms with van der Waals surface area (Å²) in [6, 6.07) is 7.46. The Labute approximate surface area is 138 Å². The molecule has 1 aliphatic heterocycles. The maximum Gasteiger partial charge on any atom is 0.214 e. The Morgan fingerprint density at radius 1 is 1.32 bits per heavy atom. The van der Waals surface area contributed by atoms with Crippen molar-refractivity contribution in [2.45, 2.75) is 32.2 Å². The van der Waals surface area contributed by atoms with Crippen LogP contribution < -0.4 is 0 Å². The average Bonchev–Trinajstić information content (AvgIpc) is 2.98. The second-order valence-electron chi connectivity index (χ2n) is 6.11. The molecule has 6 heteroatoms. The van der Waals surface area contributed by atoms with E-state index >= 15 is 0 Å². The molecule has 0 N–H and O–H groups in total. The highest BCUT2D eigenvalue weighted by molar-refractivity contribution is 7.89. The molecule has 0 spiro atoms. The van der Waals surface area contributed by atoms with Crippen molar-refractivity contribution in [1.29, 1.82) is 0 Å². The van der Waals surface area contributed by atoms with Gasteiger partial charge in [0, 0.05) is 24.7 Å². The van der Waals surface area contributed by atoms with Crippen LogP contribution >= 0.6 is 11.6 Å². The molecule has 0 saturated carbocycles. The molecule has 0 amide bonds. The second-order valence-corrected chi connectivity index (χ2v) is 8.61. The van der Waals surface area contributed by atoms with Crippen molar-refractivity contribution in [1.82, 2.24) is 4.31 Å². The summed E-state index contributed by atoms with van der Waals surface area (Å²) in [5, 5.41) is 0.686. The van der Waals surface area contributed by atoms with Gasteiger partial charge >= 0.3 is 0 Å². The highest BCUT2D eigenvalue weighted by Crippen LogP contribution is 2.26. The zero-order valence-electron chi connectivity index (χ0n) is 13.3. The molecule has 0 aromatic heterocycles. The number of nitrogens with zero attached hydrogens (tertiary/aromatic N) is 1. The first-order valence-corrected chi connectivity index (χ1v) is 9.59. The normalized spacial score (nSPS) is 22.0. The summed E-state index contributed by atoms with van der Waals surface area (Å²) >= 11 is 5.91. The van der Waals surface area contributed by atoms with Crippen molar-refractivity contribution in [3.8, 4) is 0 Å². The number of hydrogen-bond donors (Lipinski definition) is 0. The molecule has 1 fully saturated rings. The van der Waals surface area contributed by atoms with Crippen LogP contribution in [0.25, 0.3) is 0 Å². The van der Waals surface area contributed by atoms with Crippen LogP contribution in [0.2, 0.25) is 5.02 Å². The summed E-state index contributed by atoms with van der Waals surface area (Å²) in [5.41, 5.74) is 1.09. The molecule has 124 valence electrons. The minimum absolute atomic E-state index is 0.0943. The van der Waals surface area contributed by atoms with E-state index in [0.717, 1.165) is 12.0 Å². The van der Waals surface area contributed by atoms with Crippen LogP contribution in [0.1, 0.15) is 31.7 Å². The Balaban J connectivity index is 2.06. The fourth-order valence-electron chi connectivity index (χ4n) is 2.74. The van der Waals surface area contributed by atoms with Crippen molar-refractivity contribution in [3.05, 3.63) is 34.9 Å². The molecule has 1 aliphatic rings. The number of ether oxygens (including phenoxy) is 1. The average molecular weight is 346 g/mol. The van der Waals surface area contributed by atoms with Crippen molar-refractivity contribution < 1.29 is 13.2 Å². The largest absolute Gasteiger partial charge is 0.381 e. The third-order valence-electron chi connectivity index (χ3n) is 4.60. The molecule has 3 atom stereocenters. The van der Waals surface area contributed by atoms with E-state index in [1.165, 1.54) is 4.31 Å².